The van der Waals surface area contributed by atoms with Crippen LogP contribution in [-0.4, -0.2) is 40.3 Å². The van der Waals surface area contributed by atoms with Crippen molar-refractivity contribution in [1.82, 2.24) is 4.90 Å². The zero-order valence-corrected chi connectivity index (χ0v) is 11.6. The Morgan fingerprint density at radius 1 is 1.47 bits per heavy atom. The first-order valence-corrected chi connectivity index (χ1v) is 7.35. The third kappa shape index (κ3) is 4.16. The van der Waals surface area contributed by atoms with Crippen molar-refractivity contribution in [2.75, 3.05) is 13.2 Å². The number of rotatable bonds is 5. The van der Waals surface area contributed by atoms with Crippen LogP contribution in [0.4, 0.5) is 0 Å². The van der Waals surface area contributed by atoms with Crippen molar-refractivity contribution >= 4 is 23.4 Å². The summed E-state index contributed by atoms with van der Waals surface area (Å²) >= 11 is 1.61. The van der Waals surface area contributed by atoms with Gasteiger partial charge in [-0.3, -0.25) is 4.90 Å². The van der Waals surface area contributed by atoms with E-state index in [1.165, 1.54) is 17.7 Å². The number of thiophene rings is 1. The van der Waals surface area contributed by atoms with E-state index in [-0.39, 0.29) is 12.6 Å². The third-order valence-electron chi connectivity index (χ3n) is 3.39. The van der Waals surface area contributed by atoms with Crippen LogP contribution in [0.15, 0.2) is 18.2 Å². The quantitative estimate of drug-likeness (QED) is 0.812. The van der Waals surface area contributed by atoms with Gasteiger partial charge in [0.15, 0.2) is 0 Å². The lowest BCUT2D eigenvalue weighted by atomic mass is 10.0. The standard InChI is InChI=1S/C14H19NO3S/c16-10-11-3-1-2-8-15(11)9-13-5-4-12(19-13)6-7-14(17)18/h4-7,11,16H,1-3,8-10H2,(H,17,18). The van der Waals surface area contributed by atoms with Crippen LogP contribution in [0.1, 0.15) is 29.0 Å². The van der Waals surface area contributed by atoms with Crippen molar-refractivity contribution in [3.63, 3.8) is 0 Å². The molecule has 5 heteroatoms. The Bertz CT molecular complexity index is 455. The fourth-order valence-electron chi connectivity index (χ4n) is 2.40. The molecule has 104 valence electrons. The molecule has 1 unspecified atom stereocenters. The number of hydrogen-bond donors (Lipinski definition) is 2. The number of aliphatic carboxylic acids is 1. The van der Waals surface area contributed by atoms with Gasteiger partial charge in [-0.25, -0.2) is 4.79 Å². The minimum atomic E-state index is -0.925. The van der Waals surface area contributed by atoms with Crippen molar-refractivity contribution in [3.05, 3.63) is 28.0 Å². The van der Waals surface area contributed by atoms with E-state index < -0.39 is 5.97 Å². The Balaban J connectivity index is 1.97. The topological polar surface area (TPSA) is 60.8 Å². The number of nitrogens with zero attached hydrogens (tertiary/aromatic N) is 1. The number of aliphatic hydroxyl groups is 1. The van der Waals surface area contributed by atoms with Gasteiger partial charge in [0.1, 0.15) is 0 Å². The van der Waals surface area contributed by atoms with Crippen LogP contribution < -0.4 is 0 Å². The van der Waals surface area contributed by atoms with E-state index in [0.717, 1.165) is 30.5 Å². The van der Waals surface area contributed by atoms with E-state index in [0.29, 0.717) is 0 Å². The molecule has 2 heterocycles. The summed E-state index contributed by atoms with van der Waals surface area (Å²) in [4.78, 5) is 14.9. The molecule has 1 saturated heterocycles. The Kier molecular flexibility index (Phi) is 5.13. The first-order chi connectivity index (χ1) is 9.19. The van der Waals surface area contributed by atoms with E-state index in [1.54, 1.807) is 17.4 Å². The second-order valence-electron chi connectivity index (χ2n) is 4.78. The van der Waals surface area contributed by atoms with Crippen molar-refractivity contribution in [1.29, 1.82) is 0 Å². The predicted octanol–water partition coefficient (Wildman–Crippen LogP) is 2.19. The monoisotopic (exact) mass is 281 g/mol. The fraction of sp³-hybridized carbons (Fsp3) is 0.500. The Labute approximate surface area is 117 Å². The fourth-order valence-corrected chi connectivity index (χ4v) is 3.34. The third-order valence-corrected chi connectivity index (χ3v) is 4.43. The summed E-state index contributed by atoms with van der Waals surface area (Å²) in [5.41, 5.74) is 0. The van der Waals surface area contributed by atoms with E-state index in [9.17, 15) is 9.90 Å². The van der Waals surface area contributed by atoms with Crippen molar-refractivity contribution in [3.8, 4) is 0 Å². The minimum absolute atomic E-state index is 0.219. The normalized spacial score (nSPS) is 21.0. The van der Waals surface area contributed by atoms with Crippen molar-refractivity contribution < 1.29 is 15.0 Å². The van der Waals surface area contributed by atoms with E-state index in [1.807, 2.05) is 12.1 Å². The molecule has 0 amide bonds. The van der Waals surface area contributed by atoms with E-state index >= 15 is 0 Å². The van der Waals surface area contributed by atoms with Gasteiger partial charge in [-0.1, -0.05) is 6.42 Å². The Morgan fingerprint density at radius 3 is 3.05 bits per heavy atom. The van der Waals surface area contributed by atoms with Crippen LogP contribution in [0.2, 0.25) is 0 Å². The summed E-state index contributed by atoms with van der Waals surface area (Å²) in [5, 5.41) is 18.0. The number of carbonyl (C=O) groups is 1. The van der Waals surface area contributed by atoms with Gasteiger partial charge in [-0.05, 0) is 37.6 Å². The minimum Gasteiger partial charge on any atom is -0.478 e. The number of aliphatic hydroxyl groups excluding tert-OH is 1. The summed E-state index contributed by atoms with van der Waals surface area (Å²) in [5.74, 6) is -0.925. The lowest BCUT2D eigenvalue weighted by Gasteiger charge is -2.34. The maximum atomic E-state index is 10.5. The molecule has 19 heavy (non-hydrogen) atoms. The predicted molar refractivity (Wildman–Crippen MR) is 76.1 cm³/mol. The van der Waals surface area contributed by atoms with Gasteiger partial charge in [0, 0.05) is 28.4 Å². The molecular formula is C14H19NO3S. The molecule has 0 aliphatic carbocycles. The van der Waals surface area contributed by atoms with Crippen LogP contribution in [0.25, 0.3) is 6.08 Å². The summed E-state index contributed by atoms with van der Waals surface area (Å²) in [7, 11) is 0. The lowest BCUT2D eigenvalue weighted by molar-refractivity contribution is -0.131. The van der Waals surface area contributed by atoms with Gasteiger partial charge in [0.2, 0.25) is 0 Å². The zero-order chi connectivity index (χ0) is 13.7. The number of hydrogen-bond acceptors (Lipinski definition) is 4. The molecule has 4 nitrogen and oxygen atoms in total. The number of carboxylic acids is 1. The first kappa shape index (κ1) is 14.2. The number of likely N-dealkylation sites (tertiary alicyclic amines) is 1. The zero-order valence-electron chi connectivity index (χ0n) is 10.8. The van der Waals surface area contributed by atoms with Gasteiger partial charge in [-0.15, -0.1) is 11.3 Å². The van der Waals surface area contributed by atoms with Gasteiger partial charge in [-0.2, -0.15) is 0 Å². The van der Waals surface area contributed by atoms with Crippen molar-refractivity contribution in [2.45, 2.75) is 31.8 Å². The van der Waals surface area contributed by atoms with E-state index in [2.05, 4.69) is 4.90 Å². The molecule has 1 aromatic heterocycles. The SMILES string of the molecule is O=C(O)C=Cc1ccc(CN2CCCCC2CO)s1. The summed E-state index contributed by atoms with van der Waals surface area (Å²) < 4.78 is 0. The number of piperidine rings is 1. The molecule has 1 atom stereocenters. The first-order valence-electron chi connectivity index (χ1n) is 6.53. The van der Waals surface area contributed by atoms with Gasteiger partial charge < -0.3 is 10.2 Å². The highest BCUT2D eigenvalue weighted by atomic mass is 32.1. The molecule has 0 bridgehead atoms. The Morgan fingerprint density at radius 2 is 2.32 bits per heavy atom. The second-order valence-corrected chi connectivity index (χ2v) is 5.98. The molecule has 1 aromatic rings. The van der Waals surface area contributed by atoms with Gasteiger partial charge >= 0.3 is 5.97 Å². The van der Waals surface area contributed by atoms with Crippen LogP contribution in [0.3, 0.4) is 0 Å². The largest absolute Gasteiger partial charge is 0.478 e. The van der Waals surface area contributed by atoms with Crippen LogP contribution >= 0.6 is 11.3 Å². The average Bonchev–Trinajstić information content (AvgIpc) is 2.85. The highest BCUT2D eigenvalue weighted by molar-refractivity contribution is 7.12. The second kappa shape index (κ2) is 6.84. The number of carboxylic acid groups (broad SMARTS) is 1. The molecule has 0 spiro atoms. The molecule has 2 rings (SSSR count). The summed E-state index contributed by atoms with van der Waals surface area (Å²) in [6, 6.07) is 4.25. The summed E-state index contributed by atoms with van der Waals surface area (Å²) in [6.07, 6.45) is 6.23. The molecule has 0 radical (unpaired) electrons. The van der Waals surface area contributed by atoms with Gasteiger partial charge in [0.05, 0.1) is 6.61 Å². The van der Waals surface area contributed by atoms with Crippen LogP contribution in [0.5, 0.6) is 0 Å². The molecule has 0 aromatic carbocycles. The Hall–Kier alpha value is -1.17. The molecular weight excluding hydrogens is 262 g/mol. The molecule has 0 saturated carbocycles. The summed E-state index contributed by atoms with van der Waals surface area (Å²) in [6.45, 7) is 2.09. The highest BCUT2D eigenvalue weighted by Crippen LogP contribution is 2.24. The van der Waals surface area contributed by atoms with Gasteiger partial charge in [0.25, 0.3) is 0 Å². The highest BCUT2D eigenvalue weighted by Gasteiger charge is 2.21. The van der Waals surface area contributed by atoms with Crippen LogP contribution in [-0.2, 0) is 11.3 Å². The molecule has 2 N–H and O–H groups in total. The van der Waals surface area contributed by atoms with E-state index in [4.69, 9.17) is 5.11 Å². The molecule has 1 aliphatic heterocycles. The smallest absolute Gasteiger partial charge is 0.328 e. The van der Waals surface area contributed by atoms with Crippen molar-refractivity contribution in [2.24, 2.45) is 0 Å². The maximum Gasteiger partial charge on any atom is 0.328 e. The maximum absolute atomic E-state index is 10.5. The molecule has 1 aliphatic rings. The average molecular weight is 281 g/mol. The molecule has 1 fully saturated rings. The lowest BCUT2D eigenvalue weighted by Crippen LogP contribution is -2.40. The van der Waals surface area contributed by atoms with Crippen LogP contribution in [0, 0.1) is 0 Å².